The van der Waals surface area contributed by atoms with Crippen molar-refractivity contribution in [3.63, 3.8) is 0 Å². The van der Waals surface area contributed by atoms with E-state index in [1.165, 1.54) is 17.0 Å². The monoisotopic (exact) mass is 395 g/mol. The molecule has 150 valence electrons. The van der Waals surface area contributed by atoms with Gasteiger partial charge in [0, 0.05) is 19.0 Å². The van der Waals surface area contributed by atoms with E-state index in [0.29, 0.717) is 13.2 Å². The Kier molecular flexibility index (Phi) is 5.92. The minimum Gasteiger partial charge on any atom is -0.494 e. The summed E-state index contributed by atoms with van der Waals surface area (Å²) in [7, 11) is 1.61. The molecule has 0 aliphatic rings. The Morgan fingerprint density at radius 2 is 1.76 bits per heavy atom. The molecule has 2 aromatic carbocycles. The van der Waals surface area contributed by atoms with E-state index in [0.717, 1.165) is 16.0 Å². The van der Waals surface area contributed by atoms with Gasteiger partial charge in [-0.1, -0.05) is 30.3 Å². The maximum atomic E-state index is 12.6. The molecule has 8 heteroatoms. The zero-order valence-corrected chi connectivity index (χ0v) is 16.2. The van der Waals surface area contributed by atoms with E-state index in [9.17, 15) is 19.5 Å². The number of benzene rings is 2. The number of carboxylic acid groups (broad SMARTS) is 1. The van der Waals surface area contributed by atoms with Crippen molar-refractivity contribution in [1.29, 1.82) is 0 Å². The van der Waals surface area contributed by atoms with Gasteiger partial charge < -0.3 is 14.7 Å². The first kappa shape index (κ1) is 20.1. The molecule has 3 rings (SSSR count). The molecule has 0 unspecified atom stereocenters. The number of likely N-dealkylation sites (N-methyl/N-ethyl adjacent to an activating group) is 1. The fraction of sp³-hybridized carbons (Fsp3) is 0.238. The average Bonchev–Trinajstić information content (AvgIpc) is 2.71. The molecular weight excluding hydrogens is 374 g/mol. The molecular formula is C21H21N3O5. The minimum absolute atomic E-state index is 0.210. The van der Waals surface area contributed by atoms with Gasteiger partial charge >= 0.3 is 5.97 Å². The lowest BCUT2D eigenvalue weighted by molar-refractivity contribution is -0.131. The van der Waals surface area contributed by atoms with Crippen molar-refractivity contribution in [2.24, 2.45) is 0 Å². The third-order valence-electron chi connectivity index (χ3n) is 4.44. The molecule has 0 spiro atoms. The van der Waals surface area contributed by atoms with Crippen LogP contribution in [0.4, 0.5) is 0 Å². The summed E-state index contributed by atoms with van der Waals surface area (Å²) in [6.45, 7) is 2.46. The number of carbonyl (C=O) groups is 2. The first-order chi connectivity index (χ1) is 13.9. The Balaban J connectivity index is 1.81. The fourth-order valence-electron chi connectivity index (χ4n) is 2.97. The van der Waals surface area contributed by atoms with Crippen molar-refractivity contribution in [2.45, 2.75) is 20.0 Å². The smallest absolute Gasteiger partial charge is 0.357 e. The van der Waals surface area contributed by atoms with Crippen LogP contribution in [0.1, 0.15) is 23.0 Å². The van der Waals surface area contributed by atoms with Crippen molar-refractivity contribution in [1.82, 2.24) is 14.7 Å². The van der Waals surface area contributed by atoms with Crippen molar-refractivity contribution < 1.29 is 19.4 Å². The van der Waals surface area contributed by atoms with Crippen molar-refractivity contribution in [3.05, 3.63) is 70.1 Å². The van der Waals surface area contributed by atoms with Crippen LogP contribution in [0, 0.1) is 0 Å². The third kappa shape index (κ3) is 4.43. The summed E-state index contributed by atoms with van der Waals surface area (Å²) < 4.78 is 6.30. The molecule has 0 saturated heterocycles. The van der Waals surface area contributed by atoms with Crippen LogP contribution >= 0.6 is 0 Å². The fourth-order valence-corrected chi connectivity index (χ4v) is 2.97. The number of aromatic nitrogens is 2. The van der Waals surface area contributed by atoms with Gasteiger partial charge in [-0.3, -0.25) is 9.59 Å². The van der Waals surface area contributed by atoms with Crippen LogP contribution in [-0.4, -0.2) is 45.3 Å². The lowest BCUT2D eigenvalue weighted by Crippen LogP contribution is -2.35. The molecule has 8 nitrogen and oxygen atoms in total. The van der Waals surface area contributed by atoms with Gasteiger partial charge in [-0.2, -0.15) is 5.10 Å². The first-order valence-electron chi connectivity index (χ1n) is 9.09. The van der Waals surface area contributed by atoms with Crippen molar-refractivity contribution in [2.75, 3.05) is 13.7 Å². The first-order valence-corrected chi connectivity index (χ1v) is 9.09. The number of ether oxygens (including phenoxy) is 1. The summed E-state index contributed by atoms with van der Waals surface area (Å²) in [5, 5.41) is 13.8. The highest BCUT2D eigenvalue weighted by Crippen LogP contribution is 2.15. The van der Waals surface area contributed by atoms with Gasteiger partial charge in [-0.05, 0) is 30.7 Å². The predicted molar refractivity (Wildman–Crippen MR) is 107 cm³/mol. The lowest BCUT2D eigenvalue weighted by atomic mass is 10.1. The Labute approximate surface area is 166 Å². The molecule has 0 radical (unpaired) electrons. The number of nitrogens with zero attached hydrogens (tertiary/aromatic N) is 3. The van der Waals surface area contributed by atoms with E-state index in [2.05, 4.69) is 5.10 Å². The second kappa shape index (κ2) is 8.55. The largest absolute Gasteiger partial charge is 0.494 e. The van der Waals surface area contributed by atoms with E-state index in [1.807, 2.05) is 31.2 Å². The summed E-state index contributed by atoms with van der Waals surface area (Å²) in [6, 6.07) is 13.7. The van der Waals surface area contributed by atoms with Crippen molar-refractivity contribution >= 4 is 22.6 Å². The van der Waals surface area contributed by atoms with Gasteiger partial charge in [0.25, 0.3) is 5.56 Å². The topological polar surface area (TPSA) is 102 Å². The molecule has 0 aliphatic carbocycles. The number of carbonyl (C=O) groups excluding carboxylic acids is 1. The molecule has 0 fully saturated rings. The summed E-state index contributed by atoms with van der Waals surface area (Å²) >= 11 is 0. The highest BCUT2D eigenvalue weighted by molar-refractivity contribution is 6.01. The van der Waals surface area contributed by atoms with Gasteiger partial charge in [0.15, 0.2) is 5.69 Å². The Morgan fingerprint density at radius 1 is 1.10 bits per heavy atom. The van der Waals surface area contributed by atoms with Crippen LogP contribution < -0.4 is 10.3 Å². The quantitative estimate of drug-likeness (QED) is 0.658. The van der Waals surface area contributed by atoms with Crippen LogP contribution in [0.25, 0.3) is 10.8 Å². The Morgan fingerprint density at radius 3 is 2.38 bits per heavy atom. The third-order valence-corrected chi connectivity index (χ3v) is 4.44. The summed E-state index contributed by atoms with van der Waals surface area (Å²) in [5.41, 5.74) is 0.130. The number of hydrogen-bond donors (Lipinski definition) is 1. The van der Waals surface area contributed by atoms with Crippen LogP contribution in [-0.2, 0) is 17.9 Å². The molecule has 1 heterocycles. The molecule has 0 atom stereocenters. The Bertz CT molecular complexity index is 1110. The molecule has 1 aromatic heterocycles. The van der Waals surface area contributed by atoms with Crippen LogP contribution in [0.5, 0.6) is 5.75 Å². The summed E-state index contributed by atoms with van der Waals surface area (Å²) in [6.07, 6.45) is 0. The summed E-state index contributed by atoms with van der Waals surface area (Å²) in [5.74, 6) is -0.872. The molecule has 0 bridgehead atoms. The molecule has 29 heavy (non-hydrogen) atoms. The number of carboxylic acids is 1. The predicted octanol–water partition coefficient (Wildman–Crippen LogP) is 2.15. The normalized spacial score (nSPS) is 10.7. The maximum Gasteiger partial charge on any atom is 0.357 e. The van der Waals surface area contributed by atoms with Gasteiger partial charge in [0.05, 0.1) is 12.0 Å². The van der Waals surface area contributed by atoms with Gasteiger partial charge in [-0.25, -0.2) is 9.48 Å². The minimum atomic E-state index is -1.26. The van der Waals surface area contributed by atoms with E-state index in [4.69, 9.17) is 4.74 Å². The van der Waals surface area contributed by atoms with E-state index in [1.54, 1.807) is 19.2 Å². The average molecular weight is 395 g/mol. The molecule has 3 aromatic rings. The maximum absolute atomic E-state index is 12.6. The number of fused-ring (bicyclic) bond motifs is 1. The van der Waals surface area contributed by atoms with Gasteiger partial charge in [0.2, 0.25) is 5.91 Å². The van der Waals surface area contributed by atoms with Crippen molar-refractivity contribution in [3.8, 4) is 5.75 Å². The Hall–Kier alpha value is -3.68. The number of rotatable bonds is 7. The lowest BCUT2D eigenvalue weighted by Gasteiger charge is -2.18. The van der Waals surface area contributed by atoms with Gasteiger partial charge in [-0.15, -0.1) is 0 Å². The highest BCUT2D eigenvalue weighted by atomic mass is 16.5. The number of hydrogen-bond acceptors (Lipinski definition) is 5. The van der Waals surface area contributed by atoms with Gasteiger partial charge in [0.1, 0.15) is 12.3 Å². The summed E-state index contributed by atoms with van der Waals surface area (Å²) in [4.78, 5) is 38.2. The van der Waals surface area contributed by atoms with Crippen LogP contribution in [0.2, 0.25) is 0 Å². The molecule has 1 amide bonds. The highest BCUT2D eigenvalue weighted by Gasteiger charge is 2.18. The zero-order chi connectivity index (χ0) is 21.0. The molecule has 0 aliphatic heterocycles. The number of aromatic carboxylic acids is 1. The number of amides is 1. The SMILES string of the molecule is CCOc1ccc(CN(C)C(=O)Cn2nc(C(=O)O)c3ccccc3c2=O)cc1. The van der Waals surface area contributed by atoms with E-state index >= 15 is 0 Å². The van der Waals surface area contributed by atoms with E-state index < -0.39 is 11.5 Å². The zero-order valence-electron chi connectivity index (χ0n) is 16.2. The van der Waals surface area contributed by atoms with Crippen LogP contribution in [0.3, 0.4) is 0 Å². The second-order valence-corrected chi connectivity index (χ2v) is 6.49. The van der Waals surface area contributed by atoms with E-state index in [-0.39, 0.29) is 28.9 Å². The molecule has 1 N–H and O–H groups in total. The van der Waals surface area contributed by atoms with Crippen LogP contribution in [0.15, 0.2) is 53.3 Å². The standard InChI is InChI=1S/C21H21N3O5/c1-3-29-15-10-8-14(9-11-15)12-23(2)18(25)13-24-20(26)17-7-5-4-6-16(17)19(22-24)21(27)28/h4-11H,3,12-13H2,1-2H3,(H,27,28). The molecule has 0 saturated carbocycles. The second-order valence-electron chi connectivity index (χ2n) is 6.49.